The highest BCUT2D eigenvalue weighted by Crippen LogP contribution is 2.25. The molecule has 0 spiro atoms. The van der Waals surface area contributed by atoms with Crippen molar-refractivity contribution in [3.05, 3.63) is 58.1 Å². The lowest BCUT2D eigenvalue weighted by atomic mass is 10.2. The molecule has 2 aromatic carbocycles. The molecule has 0 saturated carbocycles. The van der Waals surface area contributed by atoms with Gasteiger partial charge >= 0.3 is 5.97 Å². The van der Waals surface area contributed by atoms with Crippen LogP contribution in [0.1, 0.15) is 16.8 Å². The van der Waals surface area contributed by atoms with Crippen molar-refractivity contribution in [2.24, 2.45) is 0 Å². The third-order valence-electron chi connectivity index (χ3n) is 3.19. The first-order valence-corrected chi connectivity index (χ1v) is 7.92. The van der Waals surface area contributed by atoms with Gasteiger partial charge in [0.25, 0.3) is 0 Å². The van der Waals surface area contributed by atoms with E-state index in [4.69, 9.17) is 23.2 Å². The van der Waals surface area contributed by atoms with E-state index in [0.29, 0.717) is 27.8 Å². The lowest BCUT2D eigenvalue weighted by Crippen LogP contribution is -2.16. The van der Waals surface area contributed by atoms with Gasteiger partial charge in [-0.3, -0.25) is 4.79 Å². The molecular weight excluding hydrogens is 351 g/mol. The van der Waals surface area contributed by atoms with Gasteiger partial charge in [-0.1, -0.05) is 23.2 Å². The Morgan fingerprint density at radius 2 is 1.79 bits per heavy atom. The van der Waals surface area contributed by atoms with Crippen LogP contribution in [0.3, 0.4) is 0 Å². The number of carbonyl (C=O) groups is 2. The number of amides is 1. The lowest BCUT2D eigenvalue weighted by molar-refractivity contribution is -0.115. The van der Waals surface area contributed by atoms with E-state index in [-0.39, 0.29) is 18.3 Å². The van der Waals surface area contributed by atoms with Gasteiger partial charge in [0, 0.05) is 23.7 Å². The molecule has 2 N–H and O–H groups in total. The van der Waals surface area contributed by atoms with Gasteiger partial charge < -0.3 is 15.4 Å². The molecule has 2 rings (SSSR count). The van der Waals surface area contributed by atoms with E-state index >= 15 is 0 Å². The monoisotopic (exact) mass is 366 g/mol. The molecule has 24 heavy (non-hydrogen) atoms. The summed E-state index contributed by atoms with van der Waals surface area (Å²) in [5, 5.41) is 6.74. The molecule has 0 heterocycles. The van der Waals surface area contributed by atoms with Crippen LogP contribution >= 0.6 is 23.2 Å². The Bertz CT molecular complexity index is 733. The van der Waals surface area contributed by atoms with Crippen LogP contribution in [-0.2, 0) is 9.53 Å². The molecule has 126 valence electrons. The molecule has 0 saturated heterocycles. The van der Waals surface area contributed by atoms with Gasteiger partial charge in [0.15, 0.2) is 0 Å². The summed E-state index contributed by atoms with van der Waals surface area (Å²) in [5.41, 5.74) is 1.75. The van der Waals surface area contributed by atoms with Crippen LogP contribution in [0.25, 0.3) is 0 Å². The topological polar surface area (TPSA) is 67.4 Å². The average molecular weight is 367 g/mol. The van der Waals surface area contributed by atoms with Crippen LogP contribution in [0.5, 0.6) is 0 Å². The molecule has 0 bridgehead atoms. The van der Waals surface area contributed by atoms with Crippen LogP contribution in [0.2, 0.25) is 10.0 Å². The van der Waals surface area contributed by atoms with Crippen molar-refractivity contribution in [3.63, 3.8) is 0 Å². The second-order valence-electron chi connectivity index (χ2n) is 4.92. The molecule has 0 fully saturated rings. The number of carbonyl (C=O) groups excluding carboxylic acids is 2. The maximum Gasteiger partial charge on any atom is 0.337 e. The van der Waals surface area contributed by atoms with Crippen molar-refractivity contribution in [2.75, 3.05) is 24.3 Å². The van der Waals surface area contributed by atoms with Crippen LogP contribution in [0, 0.1) is 0 Å². The van der Waals surface area contributed by atoms with Crippen LogP contribution in [0.15, 0.2) is 42.5 Å². The van der Waals surface area contributed by atoms with Gasteiger partial charge in [-0.2, -0.15) is 0 Å². The molecule has 0 radical (unpaired) electrons. The van der Waals surface area contributed by atoms with Crippen LogP contribution < -0.4 is 10.6 Å². The SMILES string of the molecule is COC(=O)c1ccc(NCCC(=O)Nc2cc(Cl)ccc2Cl)cc1. The first-order valence-electron chi connectivity index (χ1n) is 7.17. The summed E-state index contributed by atoms with van der Waals surface area (Å²) in [5.74, 6) is -0.572. The fraction of sp³-hybridized carbons (Fsp3) is 0.176. The normalized spacial score (nSPS) is 10.1. The predicted molar refractivity (Wildman–Crippen MR) is 96.0 cm³/mol. The van der Waals surface area contributed by atoms with E-state index in [1.807, 2.05) is 0 Å². The van der Waals surface area contributed by atoms with E-state index in [1.54, 1.807) is 42.5 Å². The number of hydrogen-bond acceptors (Lipinski definition) is 4. The number of halogens is 2. The van der Waals surface area contributed by atoms with Gasteiger partial charge in [0.05, 0.1) is 23.4 Å². The molecule has 1 amide bonds. The van der Waals surface area contributed by atoms with Crippen molar-refractivity contribution in [1.29, 1.82) is 0 Å². The zero-order chi connectivity index (χ0) is 17.5. The molecule has 0 atom stereocenters. The minimum atomic E-state index is -0.390. The van der Waals surface area contributed by atoms with E-state index in [0.717, 1.165) is 5.69 Å². The summed E-state index contributed by atoms with van der Waals surface area (Å²) in [6.45, 7) is 0.432. The summed E-state index contributed by atoms with van der Waals surface area (Å²) < 4.78 is 4.63. The molecule has 2 aromatic rings. The lowest BCUT2D eigenvalue weighted by Gasteiger charge is -2.09. The Hall–Kier alpha value is -2.24. The largest absolute Gasteiger partial charge is 0.465 e. The van der Waals surface area contributed by atoms with Crippen LogP contribution in [0.4, 0.5) is 11.4 Å². The number of rotatable bonds is 6. The predicted octanol–water partition coefficient (Wildman–Crippen LogP) is 4.22. The molecule has 5 nitrogen and oxygen atoms in total. The first-order chi connectivity index (χ1) is 11.5. The van der Waals surface area contributed by atoms with E-state index in [2.05, 4.69) is 15.4 Å². The number of esters is 1. The Morgan fingerprint density at radius 3 is 2.46 bits per heavy atom. The van der Waals surface area contributed by atoms with Gasteiger partial charge in [0.2, 0.25) is 5.91 Å². The summed E-state index contributed by atoms with van der Waals surface area (Å²) in [6, 6.07) is 11.7. The molecule has 0 aliphatic rings. The number of anilines is 2. The Balaban J connectivity index is 1.82. The number of ether oxygens (including phenoxy) is 1. The minimum Gasteiger partial charge on any atom is -0.465 e. The highest BCUT2D eigenvalue weighted by Gasteiger charge is 2.07. The quantitative estimate of drug-likeness (QED) is 0.751. The second-order valence-corrected chi connectivity index (χ2v) is 5.76. The van der Waals surface area contributed by atoms with Crippen molar-refractivity contribution in [1.82, 2.24) is 0 Å². The summed E-state index contributed by atoms with van der Waals surface area (Å²) in [6.07, 6.45) is 0.252. The highest BCUT2D eigenvalue weighted by molar-refractivity contribution is 6.35. The van der Waals surface area contributed by atoms with Gasteiger partial charge in [0.1, 0.15) is 0 Å². The number of nitrogens with one attached hydrogen (secondary N) is 2. The first kappa shape index (κ1) is 18.1. The zero-order valence-electron chi connectivity index (χ0n) is 12.9. The van der Waals surface area contributed by atoms with E-state index in [9.17, 15) is 9.59 Å². The summed E-state index contributed by atoms with van der Waals surface area (Å²) >= 11 is 11.9. The van der Waals surface area contributed by atoms with Crippen molar-refractivity contribution < 1.29 is 14.3 Å². The van der Waals surface area contributed by atoms with E-state index < -0.39 is 0 Å². The smallest absolute Gasteiger partial charge is 0.337 e. The number of hydrogen-bond donors (Lipinski definition) is 2. The van der Waals surface area contributed by atoms with Crippen molar-refractivity contribution in [3.8, 4) is 0 Å². The van der Waals surface area contributed by atoms with Gasteiger partial charge in [-0.25, -0.2) is 4.79 Å². The number of methoxy groups -OCH3 is 1. The third kappa shape index (κ3) is 5.15. The zero-order valence-corrected chi connectivity index (χ0v) is 14.4. The third-order valence-corrected chi connectivity index (χ3v) is 3.75. The van der Waals surface area contributed by atoms with E-state index in [1.165, 1.54) is 7.11 Å². The Kier molecular flexibility index (Phi) is 6.46. The fourth-order valence-corrected chi connectivity index (χ4v) is 2.31. The Labute approximate surface area is 149 Å². The average Bonchev–Trinajstić information content (AvgIpc) is 2.58. The van der Waals surface area contributed by atoms with Crippen molar-refractivity contribution >= 4 is 46.5 Å². The fourth-order valence-electron chi connectivity index (χ4n) is 1.97. The second kappa shape index (κ2) is 8.57. The van der Waals surface area contributed by atoms with Gasteiger partial charge in [-0.15, -0.1) is 0 Å². The molecule has 0 aliphatic carbocycles. The minimum absolute atomic E-state index is 0.183. The molecule has 0 aliphatic heterocycles. The maximum atomic E-state index is 11.9. The summed E-state index contributed by atoms with van der Waals surface area (Å²) in [7, 11) is 1.33. The molecule has 0 aromatic heterocycles. The Morgan fingerprint density at radius 1 is 1.08 bits per heavy atom. The summed E-state index contributed by atoms with van der Waals surface area (Å²) in [4.78, 5) is 23.3. The maximum absolute atomic E-state index is 11.9. The molecule has 7 heteroatoms. The standard InChI is InChI=1S/C17H16Cl2N2O3/c1-24-17(23)11-2-5-13(6-3-11)20-9-8-16(22)21-15-10-12(18)4-7-14(15)19/h2-7,10,20H,8-9H2,1H3,(H,21,22). The molecule has 0 unspecified atom stereocenters. The van der Waals surface area contributed by atoms with Gasteiger partial charge in [-0.05, 0) is 42.5 Å². The van der Waals surface area contributed by atoms with Crippen LogP contribution in [-0.4, -0.2) is 25.5 Å². The highest BCUT2D eigenvalue weighted by atomic mass is 35.5. The number of benzene rings is 2. The molecular formula is C17H16Cl2N2O3. The van der Waals surface area contributed by atoms with Crippen molar-refractivity contribution in [2.45, 2.75) is 6.42 Å².